The molecule has 1 aromatic carbocycles. The molecule has 20 heavy (non-hydrogen) atoms. The Morgan fingerprint density at radius 2 is 2.25 bits per heavy atom. The van der Waals surface area contributed by atoms with Crippen molar-refractivity contribution >= 4 is 5.91 Å². The van der Waals surface area contributed by atoms with Crippen LogP contribution >= 0.6 is 0 Å². The molecule has 0 radical (unpaired) electrons. The van der Waals surface area contributed by atoms with Gasteiger partial charge in [-0.1, -0.05) is 29.8 Å². The fourth-order valence-corrected chi connectivity index (χ4v) is 2.73. The van der Waals surface area contributed by atoms with Crippen LogP contribution in [-0.2, 0) is 17.6 Å². The molecule has 0 atom stereocenters. The van der Waals surface area contributed by atoms with Crippen molar-refractivity contribution in [2.45, 2.75) is 19.8 Å². The third kappa shape index (κ3) is 2.90. The number of carbonyl (C=O) groups is 1. The van der Waals surface area contributed by atoms with E-state index in [0.29, 0.717) is 12.3 Å². The molecule has 1 aromatic heterocycles. The first kappa shape index (κ1) is 12.9. The second-order valence-corrected chi connectivity index (χ2v) is 5.62. The van der Waals surface area contributed by atoms with E-state index in [2.05, 4.69) is 41.4 Å². The zero-order valence-electron chi connectivity index (χ0n) is 11.7. The summed E-state index contributed by atoms with van der Waals surface area (Å²) in [4.78, 5) is 14.0. The Morgan fingerprint density at radius 3 is 2.95 bits per heavy atom. The van der Waals surface area contributed by atoms with Gasteiger partial charge in [-0.3, -0.25) is 9.89 Å². The second kappa shape index (κ2) is 5.49. The molecule has 1 saturated heterocycles. The van der Waals surface area contributed by atoms with Crippen molar-refractivity contribution in [1.29, 1.82) is 0 Å². The van der Waals surface area contributed by atoms with Gasteiger partial charge in [-0.15, -0.1) is 0 Å². The summed E-state index contributed by atoms with van der Waals surface area (Å²) in [6.07, 6.45) is 3.17. The largest absolute Gasteiger partial charge is 0.342 e. The Balaban J connectivity index is 1.48. The van der Waals surface area contributed by atoms with Crippen molar-refractivity contribution in [3.8, 4) is 0 Å². The zero-order valence-corrected chi connectivity index (χ0v) is 11.7. The number of likely N-dealkylation sites (tertiary alicyclic amines) is 1. The van der Waals surface area contributed by atoms with Gasteiger partial charge in [0.15, 0.2) is 0 Å². The van der Waals surface area contributed by atoms with Crippen LogP contribution in [0.1, 0.15) is 16.8 Å². The highest BCUT2D eigenvalue weighted by molar-refractivity contribution is 5.79. The van der Waals surface area contributed by atoms with Crippen LogP contribution in [0, 0.1) is 12.8 Å². The van der Waals surface area contributed by atoms with Gasteiger partial charge >= 0.3 is 0 Å². The van der Waals surface area contributed by atoms with Gasteiger partial charge in [-0.25, -0.2) is 0 Å². The highest BCUT2D eigenvalue weighted by atomic mass is 16.2. The highest BCUT2D eigenvalue weighted by Crippen LogP contribution is 2.21. The van der Waals surface area contributed by atoms with Gasteiger partial charge in [0.1, 0.15) is 0 Å². The smallest absolute Gasteiger partial charge is 0.228 e. The first-order chi connectivity index (χ1) is 9.70. The zero-order chi connectivity index (χ0) is 13.9. The van der Waals surface area contributed by atoms with E-state index < -0.39 is 0 Å². The number of nitrogens with one attached hydrogen (secondary N) is 1. The van der Waals surface area contributed by atoms with E-state index in [4.69, 9.17) is 0 Å². The first-order valence-corrected chi connectivity index (χ1v) is 7.02. The van der Waals surface area contributed by atoms with E-state index in [9.17, 15) is 4.79 Å². The first-order valence-electron chi connectivity index (χ1n) is 7.02. The molecular weight excluding hydrogens is 250 g/mol. The summed E-state index contributed by atoms with van der Waals surface area (Å²) in [6, 6.07) is 10.5. The minimum atomic E-state index is 0.190. The number of aryl methyl sites for hydroxylation is 1. The minimum Gasteiger partial charge on any atom is -0.342 e. The molecule has 0 spiro atoms. The van der Waals surface area contributed by atoms with Crippen molar-refractivity contribution in [2.75, 3.05) is 13.1 Å². The Morgan fingerprint density at radius 1 is 1.40 bits per heavy atom. The molecule has 1 aliphatic rings. The number of rotatable bonds is 4. The Bertz CT molecular complexity index is 586. The lowest BCUT2D eigenvalue weighted by Crippen LogP contribution is -2.51. The van der Waals surface area contributed by atoms with Crippen molar-refractivity contribution in [1.82, 2.24) is 15.1 Å². The number of carbonyl (C=O) groups excluding carboxylic acids is 1. The summed E-state index contributed by atoms with van der Waals surface area (Å²) < 4.78 is 0. The van der Waals surface area contributed by atoms with E-state index in [1.54, 1.807) is 6.20 Å². The predicted molar refractivity (Wildman–Crippen MR) is 77.2 cm³/mol. The van der Waals surface area contributed by atoms with Crippen LogP contribution in [-0.4, -0.2) is 34.1 Å². The summed E-state index contributed by atoms with van der Waals surface area (Å²) >= 11 is 0. The topological polar surface area (TPSA) is 49.0 Å². The molecule has 1 N–H and O–H groups in total. The fraction of sp³-hybridized carbons (Fsp3) is 0.375. The van der Waals surface area contributed by atoms with Gasteiger partial charge in [-0.05, 0) is 30.9 Å². The SMILES string of the molecule is Cc1cccc(CC2CN(C(=O)Cc3ccn[nH]3)C2)c1. The lowest BCUT2D eigenvalue weighted by atomic mass is 9.91. The number of aromatic amines is 1. The molecule has 2 aromatic rings. The van der Waals surface area contributed by atoms with Crippen molar-refractivity contribution in [3.05, 3.63) is 53.3 Å². The van der Waals surface area contributed by atoms with E-state index in [0.717, 1.165) is 25.2 Å². The standard InChI is InChI=1S/C16H19N3O/c1-12-3-2-4-13(7-12)8-14-10-19(11-14)16(20)9-15-5-6-17-18-15/h2-7,14H,8-11H2,1H3,(H,17,18). The third-order valence-electron chi connectivity index (χ3n) is 3.82. The van der Waals surface area contributed by atoms with Gasteiger partial charge in [0.05, 0.1) is 6.42 Å². The average molecular weight is 269 g/mol. The summed E-state index contributed by atoms with van der Waals surface area (Å²) in [5.41, 5.74) is 3.56. The molecular formula is C16H19N3O. The molecule has 4 nitrogen and oxygen atoms in total. The number of hydrogen-bond donors (Lipinski definition) is 1. The maximum atomic E-state index is 12.0. The van der Waals surface area contributed by atoms with Crippen LogP contribution in [0.5, 0.6) is 0 Å². The lowest BCUT2D eigenvalue weighted by molar-refractivity contribution is -0.136. The van der Waals surface area contributed by atoms with E-state index in [-0.39, 0.29) is 5.91 Å². The van der Waals surface area contributed by atoms with Gasteiger partial charge in [0, 0.05) is 25.0 Å². The third-order valence-corrected chi connectivity index (χ3v) is 3.82. The molecule has 0 bridgehead atoms. The van der Waals surface area contributed by atoms with Crippen LogP contribution in [0.4, 0.5) is 0 Å². The number of aromatic nitrogens is 2. The van der Waals surface area contributed by atoms with E-state index in [1.807, 2.05) is 11.0 Å². The van der Waals surface area contributed by atoms with Crippen molar-refractivity contribution in [3.63, 3.8) is 0 Å². The monoisotopic (exact) mass is 269 g/mol. The minimum absolute atomic E-state index is 0.190. The Hall–Kier alpha value is -2.10. The van der Waals surface area contributed by atoms with Crippen LogP contribution in [0.15, 0.2) is 36.5 Å². The second-order valence-electron chi connectivity index (χ2n) is 5.62. The van der Waals surface area contributed by atoms with Gasteiger partial charge in [0.2, 0.25) is 5.91 Å². The molecule has 3 rings (SSSR count). The highest BCUT2D eigenvalue weighted by Gasteiger charge is 2.30. The molecule has 0 aliphatic carbocycles. The average Bonchev–Trinajstić information content (AvgIpc) is 2.86. The van der Waals surface area contributed by atoms with E-state index >= 15 is 0 Å². The number of amides is 1. The Kier molecular flexibility index (Phi) is 3.54. The molecule has 1 aliphatic heterocycles. The van der Waals surface area contributed by atoms with E-state index in [1.165, 1.54) is 11.1 Å². The van der Waals surface area contributed by atoms with Crippen LogP contribution in [0.2, 0.25) is 0 Å². The number of benzene rings is 1. The predicted octanol–water partition coefficient (Wildman–Crippen LogP) is 1.96. The lowest BCUT2D eigenvalue weighted by Gasteiger charge is -2.39. The summed E-state index contributed by atoms with van der Waals surface area (Å²) in [5.74, 6) is 0.789. The summed E-state index contributed by atoms with van der Waals surface area (Å²) in [6.45, 7) is 3.87. The molecule has 1 amide bonds. The maximum absolute atomic E-state index is 12.0. The van der Waals surface area contributed by atoms with Crippen molar-refractivity contribution < 1.29 is 4.79 Å². The van der Waals surface area contributed by atoms with Gasteiger partial charge in [-0.2, -0.15) is 5.10 Å². The number of hydrogen-bond acceptors (Lipinski definition) is 2. The van der Waals surface area contributed by atoms with Gasteiger partial charge < -0.3 is 4.90 Å². The van der Waals surface area contributed by atoms with Gasteiger partial charge in [0.25, 0.3) is 0 Å². The summed E-state index contributed by atoms with van der Waals surface area (Å²) in [7, 11) is 0. The van der Waals surface area contributed by atoms with Crippen molar-refractivity contribution in [2.24, 2.45) is 5.92 Å². The van der Waals surface area contributed by atoms with Crippen LogP contribution < -0.4 is 0 Å². The Labute approximate surface area is 118 Å². The number of H-pyrrole nitrogens is 1. The fourth-order valence-electron chi connectivity index (χ4n) is 2.73. The number of nitrogens with zero attached hydrogens (tertiary/aromatic N) is 2. The van der Waals surface area contributed by atoms with Crippen LogP contribution in [0.3, 0.4) is 0 Å². The molecule has 4 heteroatoms. The quantitative estimate of drug-likeness (QED) is 0.922. The molecule has 0 saturated carbocycles. The normalized spacial score (nSPS) is 15.2. The van der Waals surface area contributed by atoms with Crippen LogP contribution in [0.25, 0.3) is 0 Å². The molecule has 104 valence electrons. The molecule has 2 heterocycles. The summed E-state index contributed by atoms with van der Waals surface area (Å²) in [5, 5.41) is 6.69. The maximum Gasteiger partial charge on any atom is 0.228 e. The molecule has 1 fully saturated rings. The molecule has 0 unspecified atom stereocenters.